The Labute approximate surface area is 127 Å². The molecule has 0 unspecified atom stereocenters. The molecule has 3 rings (SSSR count). The topological polar surface area (TPSA) is 0 Å². The van der Waals surface area contributed by atoms with E-state index in [2.05, 4.69) is 79.8 Å². The minimum Gasteiger partial charge on any atom is -0.0877 e. The molecule has 0 radical (unpaired) electrons. The summed E-state index contributed by atoms with van der Waals surface area (Å²) >= 11 is 0. The molecule has 0 spiro atoms. The fourth-order valence-electron chi connectivity index (χ4n) is 2.83. The number of allylic oxidation sites excluding steroid dienone is 6. The van der Waals surface area contributed by atoms with Crippen LogP contribution in [0.25, 0.3) is 16.7 Å². The average molecular weight is 272 g/mol. The Morgan fingerprint density at radius 3 is 2.43 bits per heavy atom. The molecule has 0 N–H and O–H groups in total. The summed E-state index contributed by atoms with van der Waals surface area (Å²) in [4.78, 5) is 0. The summed E-state index contributed by atoms with van der Waals surface area (Å²) in [6.45, 7) is 4.17. The zero-order valence-corrected chi connectivity index (χ0v) is 12.6. The quantitative estimate of drug-likeness (QED) is 0.625. The fraction of sp³-hybridized carbons (Fsp3) is 0.143. The van der Waals surface area contributed by atoms with E-state index in [0.29, 0.717) is 0 Å². The van der Waals surface area contributed by atoms with Gasteiger partial charge in [0.15, 0.2) is 0 Å². The number of fused-ring (bicyclic) bond motifs is 1. The predicted molar refractivity (Wildman–Crippen MR) is 92.3 cm³/mol. The monoisotopic (exact) mass is 272 g/mol. The van der Waals surface area contributed by atoms with Gasteiger partial charge in [0.2, 0.25) is 0 Å². The molecule has 2 aromatic carbocycles. The van der Waals surface area contributed by atoms with Crippen LogP contribution in [-0.2, 0) is 6.42 Å². The molecule has 1 aliphatic rings. The lowest BCUT2D eigenvalue weighted by atomic mass is 9.94. The third-order valence-electron chi connectivity index (χ3n) is 3.96. The molecule has 0 nitrogen and oxygen atoms in total. The molecule has 21 heavy (non-hydrogen) atoms. The second-order valence-electron chi connectivity index (χ2n) is 5.45. The number of benzene rings is 2. The molecule has 0 atom stereocenters. The second-order valence-corrected chi connectivity index (χ2v) is 5.45. The van der Waals surface area contributed by atoms with Crippen molar-refractivity contribution in [2.24, 2.45) is 0 Å². The lowest BCUT2D eigenvalue weighted by molar-refractivity contribution is 1.31. The molecule has 0 bridgehead atoms. The molecule has 0 amide bonds. The zero-order valence-electron chi connectivity index (χ0n) is 12.6. The van der Waals surface area contributed by atoms with Crippen LogP contribution in [0.3, 0.4) is 0 Å². The Morgan fingerprint density at radius 2 is 1.67 bits per heavy atom. The van der Waals surface area contributed by atoms with Crippen LogP contribution in [0.15, 0.2) is 72.8 Å². The number of hydrogen-bond donors (Lipinski definition) is 0. The van der Waals surface area contributed by atoms with Gasteiger partial charge in [0.05, 0.1) is 0 Å². The Kier molecular flexibility index (Phi) is 3.87. The first-order valence-corrected chi connectivity index (χ1v) is 7.48. The smallest absolute Gasteiger partial charge is 0.00759 e. The van der Waals surface area contributed by atoms with Crippen LogP contribution in [0, 0.1) is 6.92 Å². The van der Waals surface area contributed by atoms with E-state index >= 15 is 0 Å². The minimum absolute atomic E-state index is 1.02. The van der Waals surface area contributed by atoms with Gasteiger partial charge in [-0.2, -0.15) is 0 Å². The zero-order chi connectivity index (χ0) is 14.7. The lowest BCUT2D eigenvalue weighted by Crippen LogP contribution is -1.89. The van der Waals surface area contributed by atoms with Gasteiger partial charge in [-0.15, -0.1) is 0 Å². The molecular formula is C21H20. The molecule has 0 aromatic heterocycles. The Balaban J connectivity index is 1.99. The summed E-state index contributed by atoms with van der Waals surface area (Å²) in [5.41, 5.74) is 8.12. The van der Waals surface area contributed by atoms with Gasteiger partial charge < -0.3 is 0 Å². The number of aryl methyl sites for hydroxylation is 1. The summed E-state index contributed by atoms with van der Waals surface area (Å²) in [5.74, 6) is 0. The maximum absolute atomic E-state index is 2.32. The Hall–Kier alpha value is -2.34. The minimum atomic E-state index is 1.02. The Morgan fingerprint density at radius 1 is 0.905 bits per heavy atom. The third-order valence-corrected chi connectivity index (χ3v) is 3.96. The molecule has 0 fully saturated rings. The lowest BCUT2D eigenvalue weighted by Gasteiger charge is -2.10. The van der Waals surface area contributed by atoms with Crippen molar-refractivity contribution in [3.05, 3.63) is 89.5 Å². The first-order chi connectivity index (χ1) is 10.3. The number of hydrogen-bond acceptors (Lipinski definition) is 0. The molecular weight excluding hydrogens is 252 g/mol. The van der Waals surface area contributed by atoms with Crippen molar-refractivity contribution in [1.29, 1.82) is 0 Å². The van der Waals surface area contributed by atoms with Crippen LogP contribution in [0.1, 0.15) is 23.6 Å². The van der Waals surface area contributed by atoms with Crippen molar-refractivity contribution in [2.75, 3.05) is 0 Å². The molecule has 0 heterocycles. The van der Waals surface area contributed by atoms with Gasteiger partial charge in [0.1, 0.15) is 0 Å². The fourth-order valence-corrected chi connectivity index (χ4v) is 2.83. The molecule has 0 heteroatoms. The van der Waals surface area contributed by atoms with Gasteiger partial charge in [-0.25, -0.2) is 0 Å². The van der Waals surface area contributed by atoms with Crippen molar-refractivity contribution in [2.45, 2.75) is 20.3 Å². The summed E-state index contributed by atoms with van der Waals surface area (Å²) in [5, 5.41) is 0. The summed E-state index contributed by atoms with van der Waals surface area (Å²) in [7, 11) is 0. The van der Waals surface area contributed by atoms with Crippen LogP contribution in [0.5, 0.6) is 0 Å². The maximum Gasteiger partial charge on any atom is -0.00759 e. The molecule has 0 saturated heterocycles. The largest absolute Gasteiger partial charge is 0.0877 e. The van der Waals surface area contributed by atoms with Crippen molar-refractivity contribution < 1.29 is 0 Å². The van der Waals surface area contributed by atoms with Gasteiger partial charge in [-0.05, 0) is 48.1 Å². The predicted octanol–water partition coefficient (Wildman–Crippen LogP) is 5.73. The van der Waals surface area contributed by atoms with Gasteiger partial charge in [0.25, 0.3) is 0 Å². The highest BCUT2D eigenvalue weighted by Crippen LogP contribution is 2.35. The van der Waals surface area contributed by atoms with Gasteiger partial charge in [-0.3, -0.25) is 0 Å². The van der Waals surface area contributed by atoms with Crippen molar-refractivity contribution in [3.8, 4) is 11.1 Å². The highest BCUT2D eigenvalue weighted by atomic mass is 14.2. The molecule has 0 aliphatic heterocycles. The molecule has 2 aromatic rings. The van der Waals surface area contributed by atoms with Crippen molar-refractivity contribution in [3.63, 3.8) is 0 Å². The molecule has 0 saturated carbocycles. The van der Waals surface area contributed by atoms with Gasteiger partial charge in [-0.1, -0.05) is 78.4 Å². The van der Waals surface area contributed by atoms with E-state index in [0.717, 1.165) is 6.42 Å². The van der Waals surface area contributed by atoms with E-state index in [1.54, 1.807) is 0 Å². The van der Waals surface area contributed by atoms with Crippen LogP contribution in [0.2, 0.25) is 0 Å². The van der Waals surface area contributed by atoms with Crippen LogP contribution >= 0.6 is 0 Å². The molecule has 104 valence electrons. The first kappa shape index (κ1) is 13.6. The summed E-state index contributed by atoms with van der Waals surface area (Å²) in [6.07, 6.45) is 11.8. The van der Waals surface area contributed by atoms with Gasteiger partial charge >= 0.3 is 0 Å². The summed E-state index contributed by atoms with van der Waals surface area (Å²) in [6, 6.07) is 15.4. The summed E-state index contributed by atoms with van der Waals surface area (Å²) < 4.78 is 0. The van der Waals surface area contributed by atoms with E-state index in [1.807, 2.05) is 6.92 Å². The highest BCUT2D eigenvalue weighted by Gasteiger charge is 2.15. The highest BCUT2D eigenvalue weighted by molar-refractivity contribution is 5.85. The maximum atomic E-state index is 2.32. The SMILES string of the molecule is C/C=C\C=C/C1=CCc2c1cccc2-c1ccc(C)cc1. The van der Waals surface area contributed by atoms with E-state index in [-0.39, 0.29) is 0 Å². The van der Waals surface area contributed by atoms with Crippen molar-refractivity contribution >= 4 is 5.57 Å². The Bertz CT molecular complexity index is 725. The van der Waals surface area contributed by atoms with Crippen LogP contribution in [-0.4, -0.2) is 0 Å². The third kappa shape index (κ3) is 2.75. The normalized spacial score (nSPS) is 13.9. The van der Waals surface area contributed by atoms with E-state index < -0.39 is 0 Å². The van der Waals surface area contributed by atoms with Crippen molar-refractivity contribution in [1.82, 2.24) is 0 Å². The average Bonchev–Trinajstić information content (AvgIpc) is 2.92. The van der Waals surface area contributed by atoms with E-state index in [1.165, 1.54) is 33.4 Å². The second kappa shape index (κ2) is 5.97. The van der Waals surface area contributed by atoms with E-state index in [4.69, 9.17) is 0 Å². The van der Waals surface area contributed by atoms with Crippen LogP contribution < -0.4 is 0 Å². The molecule has 1 aliphatic carbocycles. The number of rotatable bonds is 3. The first-order valence-electron chi connectivity index (χ1n) is 7.48. The van der Waals surface area contributed by atoms with E-state index in [9.17, 15) is 0 Å². The van der Waals surface area contributed by atoms with Crippen LogP contribution in [0.4, 0.5) is 0 Å². The standard InChI is InChI=1S/C21H20/c1-3-4-5-7-17-14-15-21-19(17)8-6-9-20(21)18-12-10-16(2)11-13-18/h3-14H,15H2,1-2H3/b4-3-,7-5-. The van der Waals surface area contributed by atoms with Gasteiger partial charge in [0, 0.05) is 0 Å².